The van der Waals surface area contributed by atoms with Crippen LogP contribution in [0.1, 0.15) is 30.9 Å². The zero-order chi connectivity index (χ0) is 11.3. The molecule has 0 saturated heterocycles. The maximum Gasteiger partial charge on any atom is 0.123 e. The van der Waals surface area contributed by atoms with E-state index in [4.69, 9.17) is 11.6 Å². The van der Waals surface area contributed by atoms with Crippen molar-refractivity contribution in [3.63, 3.8) is 0 Å². The molecule has 0 nitrogen and oxygen atoms in total. The molecule has 0 aliphatic carbocycles. The van der Waals surface area contributed by atoms with Gasteiger partial charge in [0.15, 0.2) is 0 Å². The lowest BCUT2D eigenvalue weighted by atomic mass is 9.94. The van der Waals surface area contributed by atoms with Crippen molar-refractivity contribution in [1.29, 1.82) is 0 Å². The second kappa shape index (κ2) is 6.12. The van der Waals surface area contributed by atoms with Gasteiger partial charge in [0.2, 0.25) is 0 Å². The molecule has 0 aliphatic rings. The molecule has 0 saturated carbocycles. The lowest BCUT2D eigenvalue weighted by molar-refractivity contribution is 0.526. The third-order valence-electron chi connectivity index (χ3n) is 2.73. The van der Waals surface area contributed by atoms with Crippen molar-refractivity contribution in [2.24, 2.45) is 5.92 Å². The first-order valence-corrected chi connectivity index (χ1v) is 6.01. The van der Waals surface area contributed by atoms with Gasteiger partial charge in [0.25, 0.3) is 0 Å². The van der Waals surface area contributed by atoms with Gasteiger partial charge >= 0.3 is 0 Å². The molecule has 0 bridgehead atoms. The average molecular weight is 229 g/mol. The van der Waals surface area contributed by atoms with E-state index in [1.807, 2.05) is 13.0 Å². The summed E-state index contributed by atoms with van der Waals surface area (Å²) in [4.78, 5) is 0. The standard InChI is InChI=1S/C13H18ClF/c1-3-4-11(9-14)8-12-5-6-13(15)7-10(12)2/h5-7,11H,3-4,8-9H2,1-2H3. The van der Waals surface area contributed by atoms with Crippen molar-refractivity contribution in [3.8, 4) is 0 Å². The molecule has 0 aromatic heterocycles. The topological polar surface area (TPSA) is 0 Å². The van der Waals surface area contributed by atoms with E-state index in [1.165, 1.54) is 11.6 Å². The summed E-state index contributed by atoms with van der Waals surface area (Å²) in [5.74, 6) is 1.04. The first kappa shape index (κ1) is 12.5. The Morgan fingerprint density at radius 2 is 2.13 bits per heavy atom. The van der Waals surface area contributed by atoms with Gasteiger partial charge in [-0.25, -0.2) is 4.39 Å². The molecule has 0 aliphatic heterocycles. The van der Waals surface area contributed by atoms with Crippen molar-refractivity contribution in [2.45, 2.75) is 33.1 Å². The molecule has 1 aromatic carbocycles. The predicted molar refractivity (Wildman–Crippen MR) is 64.0 cm³/mol. The van der Waals surface area contributed by atoms with Crippen molar-refractivity contribution in [1.82, 2.24) is 0 Å². The van der Waals surface area contributed by atoms with Crippen molar-refractivity contribution in [3.05, 3.63) is 35.1 Å². The Morgan fingerprint density at radius 1 is 1.40 bits per heavy atom. The molecule has 0 amide bonds. The van der Waals surface area contributed by atoms with Crippen LogP contribution in [0.15, 0.2) is 18.2 Å². The molecular weight excluding hydrogens is 211 g/mol. The van der Waals surface area contributed by atoms with Gasteiger partial charge in [-0.15, -0.1) is 11.6 Å². The van der Waals surface area contributed by atoms with E-state index in [1.54, 1.807) is 6.07 Å². The minimum Gasteiger partial charge on any atom is -0.207 e. The number of aryl methyl sites for hydroxylation is 1. The third kappa shape index (κ3) is 3.83. The van der Waals surface area contributed by atoms with Crippen LogP contribution in [0.5, 0.6) is 0 Å². The number of rotatable bonds is 5. The lowest BCUT2D eigenvalue weighted by Crippen LogP contribution is -2.07. The van der Waals surface area contributed by atoms with Crippen LogP contribution < -0.4 is 0 Å². The summed E-state index contributed by atoms with van der Waals surface area (Å²) in [5, 5.41) is 0. The van der Waals surface area contributed by atoms with Crippen LogP contribution in [-0.2, 0) is 6.42 Å². The minimum atomic E-state index is -0.158. The van der Waals surface area contributed by atoms with Gasteiger partial charge in [-0.05, 0) is 48.9 Å². The first-order chi connectivity index (χ1) is 7.17. The monoisotopic (exact) mass is 228 g/mol. The van der Waals surface area contributed by atoms with Crippen molar-refractivity contribution >= 4 is 11.6 Å². The quantitative estimate of drug-likeness (QED) is 0.658. The molecule has 0 radical (unpaired) electrons. The molecule has 0 fully saturated rings. The molecule has 1 aromatic rings. The zero-order valence-corrected chi connectivity index (χ0v) is 10.1. The van der Waals surface area contributed by atoms with Crippen LogP contribution in [-0.4, -0.2) is 5.88 Å². The molecule has 0 heterocycles. The van der Waals surface area contributed by atoms with E-state index in [9.17, 15) is 4.39 Å². The Hall–Kier alpha value is -0.560. The van der Waals surface area contributed by atoms with Crippen molar-refractivity contribution in [2.75, 3.05) is 5.88 Å². The molecule has 0 spiro atoms. The summed E-state index contributed by atoms with van der Waals surface area (Å²) in [5.41, 5.74) is 2.25. The molecular formula is C13H18ClF. The highest BCUT2D eigenvalue weighted by molar-refractivity contribution is 6.18. The summed E-state index contributed by atoms with van der Waals surface area (Å²) in [7, 11) is 0. The second-order valence-electron chi connectivity index (χ2n) is 4.08. The third-order valence-corrected chi connectivity index (χ3v) is 3.16. The van der Waals surface area contributed by atoms with Gasteiger partial charge in [-0.2, -0.15) is 0 Å². The van der Waals surface area contributed by atoms with E-state index < -0.39 is 0 Å². The maximum absolute atomic E-state index is 12.9. The molecule has 0 N–H and O–H groups in total. The Morgan fingerprint density at radius 3 is 2.67 bits per heavy atom. The van der Waals surface area contributed by atoms with Gasteiger partial charge in [-0.3, -0.25) is 0 Å². The van der Waals surface area contributed by atoms with Gasteiger partial charge in [0.1, 0.15) is 5.82 Å². The Bertz CT molecular complexity index is 309. The fourth-order valence-electron chi connectivity index (χ4n) is 1.84. The summed E-state index contributed by atoms with van der Waals surface area (Å²) in [6.45, 7) is 4.12. The van der Waals surface area contributed by atoms with Crippen molar-refractivity contribution < 1.29 is 4.39 Å². The maximum atomic E-state index is 12.9. The van der Waals surface area contributed by atoms with E-state index in [0.717, 1.165) is 24.8 Å². The van der Waals surface area contributed by atoms with Crippen LogP contribution in [0, 0.1) is 18.7 Å². The van der Waals surface area contributed by atoms with E-state index in [2.05, 4.69) is 6.92 Å². The molecule has 1 atom stereocenters. The van der Waals surface area contributed by atoms with Crippen LogP contribution in [0.25, 0.3) is 0 Å². The van der Waals surface area contributed by atoms with E-state index in [-0.39, 0.29) is 5.82 Å². The number of benzene rings is 1. The first-order valence-electron chi connectivity index (χ1n) is 5.48. The molecule has 1 unspecified atom stereocenters. The van der Waals surface area contributed by atoms with E-state index in [0.29, 0.717) is 11.8 Å². The van der Waals surface area contributed by atoms with E-state index >= 15 is 0 Å². The average Bonchev–Trinajstić information content (AvgIpc) is 2.21. The highest BCUT2D eigenvalue weighted by Gasteiger charge is 2.09. The van der Waals surface area contributed by atoms with Gasteiger partial charge in [0, 0.05) is 5.88 Å². The Kier molecular flexibility index (Phi) is 5.10. The molecule has 15 heavy (non-hydrogen) atoms. The SMILES string of the molecule is CCCC(CCl)Cc1ccc(F)cc1C. The summed E-state index contributed by atoms with van der Waals surface area (Å²) in [6.07, 6.45) is 3.25. The van der Waals surface area contributed by atoms with Gasteiger partial charge in [0.05, 0.1) is 0 Å². The normalized spacial score (nSPS) is 12.8. The highest BCUT2D eigenvalue weighted by atomic mass is 35.5. The molecule has 84 valence electrons. The van der Waals surface area contributed by atoms with Gasteiger partial charge < -0.3 is 0 Å². The van der Waals surface area contributed by atoms with Gasteiger partial charge in [-0.1, -0.05) is 19.4 Å². The largest absolute Gasteiger partial charge is 0.207 e. The predicted octanol–water partition coefficient (Wildman–Crippen LogP) is 4.33. The number of hydrogen-bond acceptors (Lipinski definition) is 0. The molecule has 1 rings (SSSR count). The second-order valence-corrected chi connectivity index (χ2v) is 4.39. The highest BCUT2D eigenvalue weighted by Crippen LogP contribution is 2.19. The minimum absolute atomic E-state index is 0.158. The number of halogens is 2. The number of alkyl halides is 1. The number of hydrogen-bond donors (Lipinski definition) is 0. The lowest BCUT2D eigenvalue weighted by Gasteiger charge is -2.14. The summed E-state index contributed by atoms with van der Waals surface area (Å²) >= 11 is 5.91. The van der Waals surface area contributed by atoms with Crippen LogP contribution >= 0.6 is 11.6 Å². The van der Waals surface area contributed by atoms with Crippen LogP contribution in [0.3, 0.4) is 0 Å². The smallest absolute Gasteiger partial charge is 0.123 e. The zero-order valence-electron chi connectivity index (χ0n) is 9.39. The fourth-order valence-corrected chi connectivity index (χ4v) is 2.10. The Balaban J connectivity index is 2.70. The van der Waals surface area contributed by atoms with Crippen LogP contribution in [0.4, 0.5) is 4.39 Å². The summed E-state index contributed by atoms with van der Waals surface area (Å²) in [6, 6.07) is 4.99. The van der Waals surface area contributed by atoms with Crippen LogP contribution in [0.2, 0.25) is 0 Å². The summed E-state index contributed by atoms with van der Waals surface area (Å²) < 4.78 is 12.9. The molecule has 2 heteroatoms. The fraction of sp³-hybridized carbons (Fsp3) is 0.538. The Labute approximate surface area is 96.5 Å².